The number of hydrogen-bond donors (Lipinski definition) is 0. The molecule has 1 fully saturated rings. The summed E-state index contributed by atoms with van der Waals surface area (Å²) in [6.07, 6.45) is 0. The van der Waals surface area contributed by atoms with Gasteiger partial charge in [-0.1, -0.05) is 27.7 Å². The van der Waals surface area contributed by atoms with Crippen LogP contribution in [0, 0.1) is 0 Å². The van der Waals surface area contributed by atoms with Crippen molar-refractivity contribution in [3.8, 4) is 0 Å². The second-order valence-corrected chi connectivity index (χ2v) is 3.54. The van der Waals surface area contributed by atoms with Crippen molar-refractivity contribution < 1.29 is 4.74 Å². The molecule has 1 aliphatic heterocycles. The van der Waals surface area contributed by atoms with Gasteiger partial charge in [0.1, 0.15) is 0 Å². The first-order chi connectivity index (χ1) is 7.95. The first kappa shape index (κ1) is 15.6. The Balaban J connectivity index is 0.000000509. The molecule has 0 bridgehead atoms. The second kappa shape index (κ2) is 11.0. The highest BCUT2D eigenvalue weighted by atomic mass is 32.1. The van der Waals surface area contributed by atoms with Crippen LogP contribution in [0.2, 0.25) is 0 Å². The predicted molar refractivity (Wildman–Crippen MR) is 70.9 cm³/mol. The van der Waals surface area contributed by atoms with Gasteiger partial charge in [0.2, 0.25) is 0 Å². The largest absolute Gasteiger partial charge is 0.379 e. The zero-order valence-corrected chi connectivity index (χ0v) is 11.7. The normalized spacial score (nSPS) is 15.5. The van der Waals surface area contributed by atoms with Crippen LogP contribution in [0.4, 0.5) is 0 Å². The van der Waals surface area contributed by atoms with Gasteiger partial charge in [0, 0.05) is 25.0 Å². The van der Waals surface area contributed by atoms with E-state index in [1.807, 2.05) is 33.1 Å². The van der Waals surface area contributed by atoms with Crippen LogP contribution in [-0.4, -0.2) is 35.6 Å². The molecule has 1 aliphatic rings. The minimum atomic E-state index is 0.865. The van der Waals surface area contributed by atoms with Crippen LogP contribution in [-0.2, 0) is 11.3 Å². The lowest BCUT2D eigenvalue weighted by molar-refractivity contribution is 0.0338. The van der Waals surface area contributed by atoms with E-state index in [4.69, 9.17) is 4.74 Å². The van der Waals surface area contributed by atoms with E-state index in [9.17, 15) is 0 Å². The van der Waals surface area contributed by atoms with Crippen LogP contribution < -0.4 is 0 Å². The Kier molecular flexibility index (Phi) is 10.7. The highest BCUT2D eigenvalue weighted by Crippen LogP contribution is 2.06. The zero-order chi connectivity index (χ0) is 12.2. The molecule has 0 atom stereocenters. The lowest BCUT2D eigenvalue weighted by Gasteiger charge is -2.25. The van der Waals surface area contributed by atoms with Crippen LogP contribution in [0.5, 0.6) is 0 Å². The lowest BCUT2D eigenvalue weighted by Crippen LogP contribution is -2.35. The van der Waals surface area contributed by atoms with Crippen molar-refractivity contribution in [3.05, 3.63) is 17.1 Å². The third-order valence-corrected chi connectivity index (χ3v) is 2.58. The molecular formula is C12H24N2OS. The Hall–Kier alpha value is -0.450. The molecule has 1 aromatic heterocycles. The van der Waals surface area contributed by atoms with Crippen molar-refractivity contribution in [2.24, 2.45) is 0 Å². The molecule has 2 rings (SSSR count). The number of aromatic nitrogens is 1. The predicted octanol–water partition coefficient (Wildman–Crippen LogP) is 3.03. The minimum Gasteiger partial charge on any atom is -0.379 e. The first-order valence-corrected chi connectivity index (χ1v) is 6.98. The fraction of sp³-hybridized carbons (Fsp3) is 0.750. The maximum absolute atomic E-state index is 5.26. The van der Waals surface area contributed by atoms with Crippen molar-refractivity contribution in [1.29, 1.82) is 0 Å². The SMILES string of the molecule is CC.CC.c1cc(CN2CCOCC2)ns1. The van der Waals surface area contributed by atoms with Crippen LogP contribution in [0.25, 0.3) is 0 Å². The van der Waals surface area contributed by atoms with Crippen LogP contribution in [0.1, 0.15) is 33.4 Å². The summed E-state index contributed by atoms with van der Waals surface area (Å²) < 4.78 is 9.53. The zero-order valence-electron chi connectivity index (χ0n) is 10.9. The van der Waals surface area contributed by atoms with Crippen molar-refractivity contribution in [1.82, 2.24) is 9.27 Å². The monoisotopic (exact) mass is 244 g/mol. The van der Waals surface area contributed by atoms with Gasteiger partial charge in [0.15, 0.2) is 0 Å². The molecule has 0 spiro atoms. The Bertz CT molecular complexity index is 221. The molecule has 3 nitrogen and oxygen atoms in total. The molecule has 16 heavy (non-hydrogen) atoms. The number of ether oxygens (including phenoxy) is 1. The molecule has 0 aliphatic carbocycles. The molecule has 0 N–H and O–H groups in total. The van der Waals surface area contributed by atoms with Crippen molar-refractivity contribution in [2.45, 2.75) is 34.2 Å². The molecule has 0 saturated carbocycles. The Morgan fingerprint density at radius 3 is 2.38 bits per heavy atom. The van der Waals surface area contributed by atoms with Gasteiger partial charge >= 0.3 is 0 Å². The summed E-state index contributed by atoms with van der Waals surface area (Å²) in [5.41, 5.74) is 1.18. The molecule has 1 aromatic rings. The molecule has 2 heterocycles. The van der Waals surface area contributed by atoms with Gasteiger partial charge in [-0.2, -0.15) is 4.37 Å². The van der Waals surface area contributed by atoms with Gasteiger partial charge < -0.3 is 4.74 Å². The van der Waals surface area contributed by atoms with E-state index in [1.54, 1.807) is 0 Å². The van der Waals surface area contributed by atoms with E-state index in [1.165, 1.54) is 17.2 Å². The van der Waals surface area contributed by atoms with Crippen LogP contribution in [0.15, 0.2) is 11.4 Å². The standard InChI is InChI=1S/C8H12N2OS.2C2H6/c1-6-12-9-8(1)7-10-2-4-11-5-3-10;2*1-2/h1,6H,2-5,7H2;2*1-2H3. The highest BCUT2D eigenvalue weighted by molar-refractivity contribution is 7.03. The summed E-state index contributed by atoms with van der Waals surface area (Å²) >= 11 is 1.52. The van der Waals surface area contributed by atoms with E-state index < -0.39 is 0 Å². The average Bonchev–Trinajstić information content (AvgIpc) is 2.88. The lowest BCUT2D eigenvalue weighted by atomic mass is 10.3. The summed E-state index contributed by atoms with van der Waals surface area (Å²) in [6.45, 7) is 12.8. The van der Waals surface area contributed by atoms with E-state index in [2.05, 4.69) is 15.3 Å². The number of hydrogen-bond acceptors (Lipinski definition) is 4. The van der Waals surface area contributed by atoms with Crippen molar-refractivity contribution in [3.63, 3.8) is 0 Å². The van der Waals surface area contributed by atoms with Gasteiger partial charge in [-0.05, 0) is 17.6 Å². The third-order valence-electron chi connectivity index (χ3n) is 1.98. The Morgan fingerprint density at radius 1 is 1.25 bits per heavy atom. The molecular weight excluding hydrogens is 220 g/mol. The molecule has 0 radical (unpaired) electrons. The Morgan fingerprint density at radius 2 is 1.88 bits per heavy atom. The molecule has 0 aromatic carbocycles. The average molecular weight is 244 g/mol. The van der Waals surface area contributed by atoms with E-state index >= 15 is 0 Å². The highest BCUT2D eigenvalue weighted by Gasteiger charge is 2.10. The van der Waals surface area contributed by atoms with E-state index in [0.717, 1.165) is 32.8 Å². The molecule has 0 unspecified atom stereocenters. The number of morpholine rings is 1. The summed E-state index contributed by atoms with van der Waals surface area (Å²) in [6, 6.07) is 2.08. The Labute approximate surface area is 104 Å². The van der Waals surface area contributed by atoms with Gasteiger partial charge in [-0.3, -0.25) is 4.90 Å². The minimum absolute atomic E-state index is 0.865. The van der Waals surface area contributed by atoms with Gasteiger partial charge in [0.25, 0.3) is 0 Å². The van der Waals surface area contributed by atoms with Crippen LogP contribution in [0.3, 0.4) is 0 Å². The van der Waals surface area contributed by atoms with Crippen LogP contribution >= 0.6 is 11.5 Å². The maximum Gasteiger partial charge on any atom is 0.0682 e. The fourth-order valence-electron chi connectivity index (χ4n) is 1.31. The summed E-state index contributed by atoms with van der Waals surface area (Å²) in [5.74, 6) is 0. The summed E-state index contributed by atoms with van der Waals surface area (Å²) in [4.78, 5) is 2.37. The van der Waals surface area contributed by atoms with E-state index in [0.29, 0.717) is 0 Å². The third kappa shape index (κ3) is 6.20. The second-order valence-electron chi connectivity index (χ2n) is 2.88. The summed E-state index contributed by atoms with van der Waals surface area (Å²) in [5, 5.41) is 2.02. The first-order valence-electron chi connectivity index (χ1n) is 6.14. The maximum atomic E-state index is 5.26. The van der Waals surface area contributed by atoms with Gasteiger partial charge in [0.05, 0.1) is 18.9 Å². The molecule has 94 valence electrons. The van der Waals surface area contributed by atoms with Gasteiger partial charge in [-0.15, -0.1) is 0 Å². The molecule has 0 amide bonds. The van der Waals surface area contributed by atoms with Crippen molar-refractivity contribution >= 4 is 11.5 Å². The topological polar surface area (TPSA) is 25.4 Å². The smallest absolute Gasteiger partial charge is 0.0682 e. The molecule has 1 saturated heterocycles. The molecule has 4 heteroatoms. The van der Waals surface area contributed by atoms with Crippen molar-refractivity contribution in [2.75, 3.05) is 26.3 Å². The quantitative estimate of drug-likeness (QED) is 0.799. The number of nitrogens with zero attached hydrogens (tertiary/aromatic N) is 2. The van der Waals surface area contributed by atoms with Gasteiger partial charge in [-0.25, -0.2) is 0 Å². The fourth-order valence-corrected chi connectivity index (χ4v) is 1.84. The summed E-state index contributed by atoms with van der Waals surface area (Å²) in [7, 11) is 0. The van der Waals surface area contributed by atoms with E-state index in [-0.39, 0.29) is 0 Å². The number of rotatable bonds is 2.